The quantitative estimate of drug-likeness (QED) is 0.460. The molecule has 0 saturated carbocycles. The Morgan fingerprint density at radius 2 is 2.05 bits per heavy atom. The summed E-state index contributed by atoms with van der Waals surface area (Å²) in [6, 6.07) is -0.443. The minimum atomic E-state index is -1.13. The van der Waals surface area contributed by atoms with Crippen LogP contribution in [0.15, 0.2) is 0 Å². The highest BCUT2D eigenvalue weighted by Gasteiger charge is 2.49. The molecule has 2 heterocycles. The fraction of sp³-hybridized carbons (Fsp3) is 0.917. The number of rotatable bonds is 3. The van der Waals surface area contributed by atoms with Crippen molar-refractivity contribution in [1.82, 2.24) is 4.90 Å². The molecule has 3 N–H and O–H groups in total. The summed E-state index contributed by atoms with van der Waals surface area (Å²) >= 11 is 0. The summed E-state index contributed by atoms with van der Waals surface area (Å²) in [5.41, 5.74) is 0. The summed E-state index contributed by atoms with van der Waals surface area (Å²) in [7, 11) is 0. The average Bonchev–Trinajstić information content (AvgIpc) is 2.67. The first kappa shape index (κ1) is 16.7. The molecule has 0 unspecified atom stereocenters. The van der Waals surface area contributed by atoms with Crippen LogP contribution in [0.5, 0.6) is 0 Å². The lowest BCUT2D eigenvalue weighted by atomic mass is 9.93. The van der Waals surface area contributed by atoms with Crippen molar-refractivity contribution >= 4 is 5.97 Å². The van der Waals surface area contributed by atoms with Crippen molar-refractivity contribution in [3.8, 4) is 0 Å². The fourth-order valence-corrected chi connectivity index (χ4v) is 2.82. The van der Waals surface area contributed by atoms with Crippen molar-refractivity contribution in [3.63, 3.8) is 0 Å². The van der Waals surface area contributed by atoms with Gasteiger partial charge in [-0.25, -0.2) is 0 Å². The van der Waals surface area contributed by atoms with Crippen molar-refractivity contribution in [2.45, 2.75) is 56.6 Å². The Morgan fingerprint density at radius 3 is 2.68 bits per heavy atom. The number of aliphatic hydroxyl groups excluding tert-OH is 3. The van der Waals surface area contributed by atoms with E-state index in [1.165, 1.54) is 0 Å². The summed E-state index contributed by atoms with van der Waals surface area (Å²) in [5, 5.41) is 29.7. The second-order valence-electron chi connectivity index (χ2n) is 5.10. The number of fused-ring (bicyclic) bond motifs is 1. The number of aliphatic hydroxyl groups is 3. The molecular formula is C12H22ClNO5. The standard InChI is InChI=1S/C12H21NO5.ClH/c1-2-3-9(15)18-8-6-13-5-4-7(14)10(13)12(17)11(8)16;/h7-8,10-12,14,16-17H,2-6H2,1H3;1H/t7-,8-,10+,11+,12+;/m0./s1. The van der Waals surface area contributed by atoms with Gasteiger partial charge in [0.2, 0.25) is 0 Å². The van der Waals surface area contributed by atoms with Crippen LogP contribution in [0.25, 0.3) is 0 Å². The molecule has 0 radical (unpaired) electrons. The third-order valence-electron chi connectivity index (χ3n) is 3.76. The van der Waals surface area contributed by atoms with Crippen LogP contribution < -0.4 is 12.4 Å². The van der Waals surface area contributed by atoms with Crippen molar-refractivity contribution in [2.24, 2.45) is 0 Å². The van der Waals surface area contributed by atoms with Crippen molar-refractivity contribution in [3.05, 3.63) is 0 Å². The number of nitrogens with zero attached hydrogens (tertiary/aromatic N) is 1. The molecule has 6 nitrogen and oxygen atoms in total. The van der Waals surface area contributed by atoms with E-state index < -0.39 is 30.5 Å². The topological polar surface area (TPSA) is 90.2 Å². The van der Waals surface area contributed by atoms with Crippen LogP contribution in [0.4, 0.5) is 0 Å². The van der Waals surface area contributed by atoms with Gasteiger partial charge < -0.3 is 32.5 Å². The third-order valence-corrected chi connectivity index (χ3v) is 3.76. The Balaban J connectivity index is 0.00000180. The van der Waals surface area contributed by atoms with Gasteiger partial charge in [0.1, 0.15) is 18.3 Å². The minimum absolute atomic E-state index is 0. The lowest BCUT2D eigenvalue weighted by molar-refractivity contribution is -0.179. The Hall–Kier alpha value is -0.400. The number of hydrogen-bond acceptors (Lipinski definition) is 6. The maximum absolute atomic E-state index is 11.4. The summed E-state index contributed by atoms with van der Waals surface area (Å²) in [5.74, 6) is -0.355. The Bertz CT molecular complexity index is 322. The van der Waals surface area contributed by atoms with Gasteiger partial charge in [-0.1, -0.05) is 6.92 Å². The maximum Gasteiger partial charge on any atom is 1.00 e. The molecule has 5 atom stereocenters. The third kappa shape index (κ3) is 3.38. The number of esters is 1. The summed E-state index contributed by atoms with van der Waals surface area (Å²) in [6.45, 7) is 2.90. The van der Waals surface area contributed by atoms with Gasteiger partial charge in [0, 0.05) is 19.5 Å². The highest BCUT2D eigenvalue weighted by Crippen LogP contribution is 2.29. The van der Waals surface area contributed by atoms with Crippen LogP contribution >= 0.6 is 0 Å². The highest BCUT2D eigenvalue weighted by molar-refractivity contribution is 5.69. The van der Waals surface area contributed by atoms with Gasteiger partial charge in [0.05, 0.1) is 12.1 Å². The first-order chi connectivity index (χ1) is 8.54. The van der Waals surface area contributed by atoms with Crippen LogP contribution in [0.3, 0.4) is 0 Å². The lowest BCUT2D eigenvalue weighted by Crippen LogP contribution is -3.00. The monoisotopic (exact) mass is 295 g/mol. The van der Waals surface area contributed by atoms with Gasteiger partial charge in [0.15, 0.2) is 0 Å². The van der Waals surface area contributed by atoms with Crippen molar-refractivity contribution in [2.75, 3.05) is 13.1 Å². The lowest BCUT2D eigenvalue weighted by Gasteiger charge is -2.42. The zero-order chi connectivity index (χ0) is 13.3. The van der Waals surface area contributed by atoms with E-state index in [1.54, 1.807) is 0 Å². The molecule has 0 aromatic heterocycles. The zero-order valence-electron chi connectivity index (χ0n) is 11.9. The van der Waals surface area contributed by atoms with Crippen LogP contribution in [0.2, 0.25) is 0 Å². The van der Waals surface area contributed by atoms with Gasteiger partial charge >= 0.3 is 7.40 Å². The zero-order valence-corrected chi connectivity index (χ0v) is 11.7. The maximum atomic E-state index is 11.4. The van der Waals surface area contributed by atoms with E-state index >= 15 is 0 Å². The molecule has 0 aromatic carbocycles. The number of halogens is 1. The van der Waals surface area contributed by atoms with E-state index in [-0.39, 0.29) is 19.8 Å². The van der Waals surface area contributed by atoms with E-state index in [1.807, 2.05) is 11.8 Å². The molecule has 7 heteroatoms. The number of piperidine rings is 1. The van der Waals surface area contributed by atoms with Gasteiger partial charge in [-0.15, -0.1) is 0 Å². The Morgan fingerprint density at radius 1 is 1.37 bits per heavy atom. The van der Waals surface area contributed by atoms with Gasteiger partial charge in [-0.05, 0) is 12.8 Å². The van der Waals surface area contributed by atoms with E-state index in [0.717, 1.165) is 0 Å². The normalized spacial score (nSPS) is 38.4. The molecule has 2 aliphatic heterocycles. The second kappa shape index (κ2) is 6.85. The Labute approximate surface area is 120 Å². The molecule has 0 aromatic rings. The van der Waals surface area contributed by atoms with Gasteiger partial charge in [-0.2, -0.15) is 0 Å². The van der Waals surface area contributed by atoms with Gasteiger partial charge in [-0.3, -0.25) is 9.69 Å². The van der Waals surface area contributed by atoms with E-state index in [9.17, 15) is 20.1 Å². The molecule has 2 aliphatic rings. The van der Waals surface area contributed by atoms with Crippen molar-refractivity contribution < 1.29 is 38.7 Å². The predicted molar refractivity (Wildman–Crippen MR) is 63.9 cm³/mol. The smallest absolute Gasteiger partial charge is 1.00 e. The van der Waals surface area contributed by atoms with Crippen LogP contribution in [-0.2, 0) is 9.53 Å². The molecule has 2 saturated heterocycles. The predicted octanol–water partition coefficient (Wildman–Crippen LogP) is -4.01. The van der Waals surface area contributed by atoms with Crippen LogP contribution in [0, 0.1) is 0 Å². The number of hydrogen-bond donors (Lipinski definition) is 3. The van der Waals surface area contributed by atoms with E-state index in [4.69, 9.17) is 4.74 Å². The fourth-order valence-electron chi connectivity index (χ4n) is 2.82. The van der Waals surface area contributed by atoms with E-state index in [0.29, 0.717) is 32.4 Å². The molecule has 19 heavy (non-hydrogen) atoms. The minimum Gasteiger partial charge on any atom is -1.00 e. The van der Waals surface area contributed by atoms with Crippen molar-refractivity contribution in [1.29, 1.82) is 0 Å². The SMILES string of the molecule is CCCC(=O)O[C@H]1CN2CC[C@H](O)[C@@H]2[C@@H](O)[C@@H]1O.[Cl-].[H+]. The van der Waals surface area contributed by atoms with Crippen LogP contribution in [0.1, 0.15) is 27.6 Å². The molecule has 0 amide bonds. The molecule has 0 bridgehead atoms. The van der Waals surface area contributed by atoms with Crippen LogP contribution in [-0.4, -0.2) is 69.7 Å². The van der Waals surface area contributed by atoms with E-state index in [2.05, 4.69) is 0 Å². The first-order valence-electron chi connectivity index (χ1n) is 6.52. The molecule has 0 aliphatic carbocycles. The van der Waals surface area contributed by atoms with Gasteiger partial charge in [0.25, 0.3) is 0 Å². The largest absolute Gasteiger partial charge is 1.00 e. The second-order valence-corrected chi connectivity index (χ2v) is 5.10. The molecule has 112 valence electrons. The highest BCUT2D eigenvalue weighted by atomic mass is 35.5. The Kier molecular flexibility index (Phi) is 6.01. The first-order valence-corrected chi connectivity index (χ1v) is 6.52. The summed E-state index contributed by atoms with van der Waals surface area (Å²) < 4.78 is 5.19. The number of carbonyl (C=O) groups excluding carboxylic acids is 1. The molecule has 2 rings (SSSR count). The molecular weight excluding hydrogens is 274 g/mol. The molecule has 0 spiro atoms. The molecule has 2 fully saturated rings. The number of ether oxygens (including phenoxy) is 1. The summed E-state index contributed by atoms with van der Waals surface area (Å²) in [4.78, 5) is 13.3. The summed E-state index contributed by atoms with van der Waals surface area (Å²) in [6.07, 6.45) is -1.96. The number of carbonyl (C=O) groups is 1. The average molecular weight is 296 g/mol.